The summed E-state index contributed by atoms with van der Waals surface area (Å²) in [5.74, 6) is 1.58. The fourth-order valence-electron chi connectivity index (χ4n) is 7.33. The standard InChI is InChI=1S/C41H29N3/c1-41(2)34-24-37-33(23-32(34)31-22-21-26-13-9-10-18-29(26)39(31)41)30-19-11-12-20-36(30)44(37)38-25-35(27-14-5-3-6-15-27)42-40(43-38)28-16-7-4-8-17-28/h3-25H,1-2H3. The first-order chi connectivity index (χ1) is 21.6. The van der Waals surface area contributed by atoms with Crippen LogP contribution in [0.5, 0.6) is 0 Å². The van der Waals surface area contributed by atoms with Crippen LogP contribution < -0.4 is 0 Å². The Kier molecular flexibility index (Phi) is 5.24. The van der Waals surface area contributed by atoms with Crippen molar-refractivity contribution < 1.29 is 0 Å². The highest BCUT2D eigenvalue weighted by atomic mass is 15.1. The Morgan fingerprint density at radius 1 is 0.523 bits per heavy atom. The normalized spacial score (nSPS) is 13.4. The molecule has 0 aliphatic heterocycles. The molecule has 0 N–H and O–H groups in total. The van der Waals surface area contributed by atoms with Crippen LogP contribution in [0.2, 0.25) is 0 Å². The first kappa shape index (κ1) is 25.0. The van der Waals surface area contributed by atoms with Gasteiger partial charge in [-0.3, -0.25) is 4.57 Å². The Bertz CT molecular complexity index is 2340. The molecule has 0 saturated heterocycles. The summed E-state index contributed by atoms with van der Waals surface area (Å²) in [5.41, 5.74) is 10.5. The van der Waals surface area contributed by atoms with Gasteiger partial charge >= 0.3 is 0 Å². The molecule has 6 aromatic carbocycles. The molecule has 0 atom stereocenters. The number of aromatic nitrogens is 3. The molecule has 0 unspecified atom stereocenters. The van der Waals surface area contributed by atoms with E-state index in [2.05, 4.69) is 134 Å². The number of rotatable bonds is 3. The van der Waals surface area contributed by atoms with Gasteiger partial charge in [-0.05, 0) is 51.2 Å². The zero-order valence-corrected chi connectivity index (χ0v) is 24.6. The molecule has 3 heteroatoms. The van der Waals surface area contributed by atoms with Gasteiger partial charge in [0.05, 0.1) is 16.7 Å². The maximum atomic E-state index is 5.23. The van der Waals surface area contributed by atoms with Gasteiger partial charge in [0.25, 0.3) is 0 Å². The van der Waals surface area contributed by atoms with E-state index >= 15 is 0 Å². The van der Waals surface area contributed by atoms with Crippen LogP contribution in [0.1, 0.15) is 25.0 Å². The minimum atomic E-state index is -0.156. The predicted molar refractivity (Wildman–Crippen MR) is 182 cm³/mol. The topological polar surface area (TPSA) is 30.7 Å². The third-order valence-electron chi connectivity index (χ3n) is 9.37. The lowest BCUT2D eigenvalue weighted by Gasteiger charge is -2.23. The lowest BCUT2D eigenvalue weighted by Crippen LogP contribution is -2.15. The third-order valence-corrected chi connectivity index (χ3v) is 9.37. The highest BCUT2D eigenvalue weighted by Gasteiger charge is 2.37. The molecule has 0 radical (unpaired) electrons. The molecule has 2 aromatic heterocycles. The van der Waals surface area contributed by atoms with Crippen LogP contribution in [0.3, 0.4) is 0 Å². The maximum absolute atomic E-state index is 5.23. The molecule has 0 fully saturated rings. The van der Waals surface area contributed by atoms with Crippen molar-refractivity contribution in [1.82, 2.24) is 14.5 Å². The van der Waals surface area contributed by atoms with Crippen molar-refractivity contribution in [3.63, 3.8) is 0 Å². The van der Waals surface area contributed by atoms with E-state index in [0.29, 0.717) is 5.82 Å². The minimum Gasteiger partial charge on any atom is -0.294 e. The average Bonchev–Trinajstić information content (AvgIpc) is 3.52. The summed E-state index contributed by atoms with van der Waals surface area (Å²) < 4.78 is 2.34. The second kappa shape index (κ2) is 9.23. The second-order valence-electron chi connectivity index (χ2n) is 12.3. The molecular weight excluding hydrogens is 534 g/mol. The number of hydrogen-bond acceptors (Lipinski definition) is 2. The fourth-order valence-corrected chi connectivity index (χ4v) is 7.33. The van der Waals surface area contributed by atoms with E-state index < -0.39 is 0 Å². The van der Waals surface area contributed by atoms with E-state index in [0.717, 1.165) is 33.7 Å². The van der Waals surface area contributed by atoms with Crippen molar-refractivity contribution in [3.8, 4) is 39.6 Å². The van der Waals surface area contributed by atoms with Crippen molar-refractivity contribution >= 4 is 32.6 Å². The van der Waals surface area contributed by atoms with Gasteiger partial charge < -0.3 is 0 Å². The van der Waals surface area contributed by atoms with Crippen molar-refractivity contribution in [3.05, 3.63) is 151 Å². The smallest absolute Gasteiger partial charge is 0.162 e. The van der Waals surface area contributed by atoms with Crippen LogP contribution in [0.25, 0.3) is 72.2 Å². The molecule has 0 saturated carbocycles. The fraction of sp³-hybridized carbons (Fsp3) is 0.0732. The van der Waals surface area contributed by atoms with Crippen LogP contribution in [0, 0.1) is 0 Å². The Morgan fingerprint density at radius 2 is 1.20 bits per heavy atom. The van der Waals surface area contributed by atoms with E-state index in [1.165, 1.54) is 43.8 Å². The highest BCUT2D eigenvalue weighted by molar-refractivity contribution is 6.12. The van der Waals surface area contributed by atoms with Gasteiger partial charge in [0.2, 0.25) is 0 Å². The quantitative estimate of drug-likeness (QED) is 0.214. The van der Waals surface area contributed by atoms with Gasteiger partial charge in [-0.25, -0.2) is 9.97 Å². The number of nitrogens with zero attached hydrogens (tertiary/aromatic N) is 3. The molecule has 44 heavy (non-hydrogen) atoms. The summed E-state index contributed by atoms with van der Waals surface area (Å²) in [6.45, 7) is 4.74. The van der Waals surface area contributed by atoms with Gasteiger partial charge in [-0.15, -0.1) is 0 Å². The predicted octanol–water partition coefficient (Wildman–Crippen LogP) is 10.4. The largest absolute Gasteiger partial charge is 0.294 e. The van der Waals surface area contributed by atoms with Crippen LogP contribution in [-0.2, 0) is 5.41 Å². The third kappa shape index (κ3) is 3.56. The van der Waals surface area contributed by atoms with E-state index in [-0.39, 0.29) is 5.41 Å². The molecule has 3 nitrogen and oxygen atoms in total. The maximum Gasteiger partial charge on any atom is 0.162 e. The summed E-state index contributed by atoms with van der Waals surface area (Å²) in [4.78, 5) is 10.3. The lowest BCUT2D eigenvalue weighted by molar-refractivity contribution is 0.667. The minimum absolute atomic E-state index is 0.156. The molecular formula is C41H29N3. The number of hydrogen-bond donors (Lipinski definition) is 0. The highest BCUT2D eigenvalue weighted by Crippen LogP contribution is 2.53. The SMILES string of the molecule is CC1(C)c2cc3c(cc2-c2ccc4ccccc4c21)c1ccccc1n3-c1cc(-c2ccccc2)nc(-c2ccccc2)n1. The number of para-hydroxylation sites is 1. The van der Waals surface area contributed by atoms with E-state index in [4.69, 9.17) is 9.97 Å². The van der Waals surface area contributed by atoms with Crippen LogP contribution in [0.15, 0.2) is 140 Å². The zero-order chi connectivity index (χ0) is 29.4. The first-order valence-corrected chi connectivity index (χ1v) is 15.2. The summed E-state index contributed by atoms with van der Waals surface area (Å²) in [6.07, 6.45) is 0. The van der Waals surface area contributed by atoms with Gasteiger partial charge in [-0.2, -0.15) is 0 Å². The molecule has 0 bridgehead atoms. The summed E-state index contributed by atoms with van der Waals surface area (Å²) in [7, 11) is 0. The summed E-state index contributed by atoms with van der Waals surface area (Å²) >= 11 is 0. The number of fused-ring (bicyclic) bond motifs is 8. The summed E-state index contributed by atoms with van der Waals surface area (Å²) in [6, 6.07) is 49.7. The van der Waals surface area contributed by atoms with Crippen molar-refractivity contribution in [2.75, 3.05) is 0 Å². The molecule has 9 rings (SSSR count). The van der Waals surface area contributed by atoms with Crippen molar-refractivity contribution in [2.45, 2.75) is 19.3 Å². The van der Waals surface area contributed by atoms with Crippen molar-refractivity contribution in [2.24, 2.45) is 0 Å². The zero-order valence-electron chi connectivity index (χ0n) is 24.6. The molecule has 1 aliphatic rings. The van der Waals surface area contributed by atoms with Gasteiger partial charge in [0.15, 0.2) is 5.82 Å². The molecule has 208 valence electrons. The average molecular weight is 564 g/mol. The van der Waals surface area contributed by atoms with Crippen LogP contribution >= 0.6 is 0 Å². The Balaban J connectivity index is 1.36. The Labute approximate surface area is 256 Å². The Hall–Kier alpha value is -5.54. The molecule has 2 heterocycles. The molecule has 8 aromatic rings. The molecule has 1 aliphatic carbocycles. The monoisotopic (exact) mass is 563 g/mol. The van der Waals surface area contributed by atoms with Gasteiger partial charge in [0, 0.05) is 33.4 Å². The van der Waals surface area contributed by atoms with Crippen molar-refractivity contribution in [1.29, 1.82) is 0 Å². The van der Waals surface area contributed by atoms with E-state index in [1.54, 1.807) is 0 Å². The lowest BCUT2D eigenvalue weighted by atomic mass is 9.80. The van der Waals surface area contributed by atoms with Gasteiger partial charge in [-0.1, -0.05) is 129 Å². The Morgan fingerprint density at radius 3 is 2.00 bits per heavy atom. The van der Waals surface area contributed by atoms with E-state index in [1.807, 2.05) is 24.3 Å². The van der Waals surface area contributed by atoms with Gasteiger partial charge in [0.1, 0.15) is 5.82 Å². The molecule has 0 amide bonds. The number of benzene rings is 6. The first-order valence-electron chi connectivity index (χ1n) is 15.2. The van der Waals surface area contributed by atoms with Crippen LogP contribution in [-0.4, -0.2) is 14.5 Å². The van der Waals surface area contributed by atoms with E-state index in [9.17, 15) is 0 Å². The summed E-state index contributed by atoms with van der Waals surface area (Å²) in [5, 5.41) is 5.07. The molecule has 0 spiro atoms. The second-order valence-corrected chi connectivity index (χ2v) is 12.3. The van der Waals surface area contributed by atoms with Crippen LogP contribution in [0.4, 0.5) is 0 Å².